The molecule has 0 bridgehead atoms. The molecule has 1 N–H and O–H groups in total. The predicted octanol–water partition coefficient (Wildman–Crippen LogP) is 3.51. The number of carbonyl (C=O) groups is 1. The Bertz CT molecular complexity index is 884. The lowest BCUT2D eigenvalue weighted by atomic mass is 10.1. The van der Waals surface area contributed by atoms with E-state index in [-0.39, 0.29) is 18.3 Å². The summed E-state index contributed by atoms with van der Waals surface area (Å²) >= 11 is 0. The van der Waals surface area contributed by atoms with Gasteiger partial charge < -0.3 is 9.84 Å². The number of rotatable bonds is 5. The summed E-state index contributed by atoms with van der Waals surface area (Å²) in [6.45, 7) is 2.13. The molecule has 2 aromatic carbocycles. The second-order valence-electron chi connectivity index (χ2n) is 5.48. The van der Waals surface area contributed by atoms with Crippen molar-refractivity contribution in [1.82, 2.24) is 15.5 Å². The molecule has 3 rings (SSSR count). The minimum atomic E-state index is -0.317. The molecule has 6 heteroatoms. The molecule has 0 aliphatic rings. The van der Waals surface area contributed by atoms with E-state index in [2.05, 4.69) is 15.5 Å². The summed E-state index contributed by atoms with van der Waals surface area (Å²) < 4.78 is 17.9. The van der Waals surface area contributed by atoms with E-state index in [0.717, 1.165) is 16.7 Å². The molecule has 0 saturated heterocycles. The zero-order chi connectivity index (χ0) is 17.6. The summed E-state index contributed by atoms with van der Waals surface area (Å²) in [5, 5.41) is 6.56. The van der Waals surface area contributed by atoms with Crippen LogP contribution in [-0.2, 0) is 11.3 Å². The molecule has 1 amide bonds. The first kappa shape index (κ1) is 16.6. The molecule has 5 nitrogen and oxygen atoms in total. The van der Waals surface area contributed by atoms with Crippen molar-refractivity contribution in [2.24, 2.45) is 0 Å². The van der Waals surface area contributed by atoms with Gasteiger partial charge in [0.1, 0.15) is 5.82 Å². The average molecular weight is 337 g/mol. The van der Waals surface area contributed by atoms with Crippen LogP contribution in [-0.4, -0.2) is 16.0 Å². The molecule has 1 aromatic heterocycles. The van der Waals surface area contributed by atoms with Gasteiger partial charge in [0.05, 0.1) is 6.54 Å². The van der Waals surface area contributed by atoms with E-state index in [0.29, 0.717) is 11.7 Å². The summed E-state index contributed by atoms with van der Waals surface area (Å²) in [5.41, 5.74) is 2.73. The van der Waals surface area contributed by atoms with E-state index in [1.165, 1.54) is 18.2 Å². The lowest BCUT2D eigenvalue weighted by molar-refractivity contribution is -0.116. The molecular weight excluding hydrogens is 321 g/mol. The maximum atomic E-state index is 12.8. The van der Waals surface area contributed by atoms with Crippen LogP contribution < -0.4 is 5.32 Å². The van der Waals surface area contributed by atoms with Crippen molar-refractivity contribution in [3.63, 3.8) is 0 Å². The first-order valence-corrected chi connectivity index (χ1v) is 7.71. The van der Waals surface area contributed by atoms with Gasteiger partial charge in [0.15, 0.2) is 0 Å². The van der Waals surface area contributed by atoms with Crippen molar-refractivity contribution in [2.75, 3.05) is 0 Å². The minimum Gasteiger partial charge on any atom is -0.343 e. The van der Waals surface area contributed by atoms with Gasteiger partial charge in [-0.3, -0.25) is 4.79 Å². The van der Waals surface area contributed by atoms with Crippen molar-refractivity contribution in [3.05, 3.63) is 77.4 Å². The Labute approximate surface area is 144 Å². The third kappa shape index (κ3) is 4.60. The van der Waals surface area contributed by atoms with Crippen LogP contribution in [0.1, 0.15) is 17.0 Å². The van der Waals surface area contributed by atoms with Gasteiger partial charge in [-0.15, -0.1) is 0 Å². The van der Waals surface area contributed by atoms with Crippen molar-refractivity contribution >= 4 is 12.0 Å². The second kappa shape index (κ2) is 7.53. The molecule has 1 heterocycles. The number of aryl methyl sites for hydroxylation is 1. The second-order valence-corrected chi connectivity index (χ2v) is 5.48. The van der Waals surface area contributed by atoms with Crippen LogP contribution in [0, 0.1) is 12.7 Å². The Hall–Kier alpha value is -3.28. The Morgan fingerprint density at radius 2 is 1.88 bits per heavy atom. The Morgan fingerprint density at radius 3 is 2.60 bits per heavy atom. The first-order chi connectivity index (χ1) is 12.1. The van der Waals surface area contributed by atoms with Crippen LogP contribution in [0.25, 0.3) is 17.5 Å². The molecule has 0 unspecified atom stereocenters. The van der Waals surface area contributed by atoms with Crippen LogP contribution in [0.15, 0.2) is 59.1 Å². The molecule has 0 aliphatic heterocycles. The highest BCUT2D eigenvalue weighted by Crippen LogP contribution is 2.16. The molecule has 0 spiro atoms. The van der Waals surface area contributed by atoms with Crippen molar-refractivity contribution in [2.45, 2.75) is 13.5 Å². The van der Waals surface area contributed by atoms with Crippen LogP contribution in [0.2, 0.25) is 0 Å². The largest absolute Gasteiger partial charge is 0.343 e. The van der Waals surface area contributed by atoms with Gasteiger partial charge in [0.2, 0.25) is 17.6 Å². The number of benzene rings is 2. The van der Waals surface area contributed by atoms with Crippen molar-refractivity contribution in [3.8, 4) is 11.4 Å². The molecular formula is C19H16FN3O2. The summed E-state index contributed by atoms with van der Waals surface area (Å²) in [6.07, 6.45) is 2.96. The third-order valence-electron chi connectivity index (χ3n) is 3.49. The monoisotopic (exact) mass is 337 g/mol. The van der Waals surface area contributed by atoms with E-state index < -0.39 is 0 Å². The molecule has 0 saturated carbocycles. The minimum absolute atomic E-state index is 0.130. The zero-order valence-corrected chi connectivity index (χ0v) is 13.6. The number of nitrogens with one attached hydrogen (secondary N) is 1. The smallest absolute Gasteiger partial charge is 0.246 e. The maximum absolute atomic E-state index is 12.8. The maximum Gasteiger partial charge on any atom is 0.246 e. The summed E-state index contributed by atoms with van der Waals surface area (Å²) in [5.74, 6) is 0.173. The number of aromatic nitrogens is 2. The van der Waals surface area contributed by atoms with Gasteiger partial charge in [-0.1, -0.05) is 47.1 Å². The number of amides is 1. The summed E-state index contributed by atoms with van der Waals surface area (Å²) in [6, 6.07) is 13.6. The highest BCUT2D eigenvalue weighted by Gasteiger charge is 2.08. The fraction of sp³-hybridized carbons (Fsp3) is 0.105. The predicted molar refractivity (Wildman–Crippen MR) is 91.8 cm³/mol. The Kier molecular flexibility index (Phi) is 4.99. The first-order valence-electron chi connectivity index (χ1n) is 7.71. The van der Waals surface area contributed by atoms with Gasteiger partial charge in [-0.25, -0.2) is 4.39 Å². The Morgan fingerprint density at radius 1 is 1.16 bits per heavy atom. The molecule has 126 valence electrons. The molecule has 0 atom stereocenters. The molecule has 3 aromatic rings. The van der Waals surface area contributed by atoms with Gasteiger partial charge in [0.25, 0.3) is 0 Å². The quantitative estimate of drug-likeness (QED) is 0.724. The molecule has 25 heavy (non-hydrogen) atoms. The van der Waals surface area contributed by atoms with Crippen LogP contribution in [0.3, 0.4) is 0 Å². The SMILES string of the molecule is Cc1ccc(-c2noc(CNC(=O)/C=C/c3ccc(F)cc3)n2)cc1. The average Bonchev–Trinajstić information content (AvgIpc) is 3.09. The van der Waals surface area contributed by atoms with Crippen molar-refractivity contribution < 1.29 is 13.7 Å². The lowest BCUT2D eigenvalue weighted by Crippen LogP contribution is -2.20. The van der Waals surface area contributed by atoms with E-state index in [9.17, 15) is 9.18 Å². The van der Waals surface area contributed by atoms with Crippen LogP contribution in [0.5, 0.6) is 0 Å². The number of hydrogen-bond acceptors (Lipinski definition) is 4. The highest BCUT2D eigenvalue weighted by molar-refractivity contribution is 5.91. The number of halogens is 1. The number of hydrogen-bond donors (Lipinski definition) is 1. The lowest BCUT2D eigenvalue weighted by Gasteiger charge is -1.97. The van der Waals surface area contributed by atoms with E-state index in [1.807, 2.05) is 31.2 Å². The number of carbonyl (C=O) groups excluding carboxylic acids is 1. The zero-order valence-electron chi connectivity index (χ0n) is 13.6. The molecule has 0 fully saturated rings. The standard InChI is InChI=1S/C19H16FN3O2/c1-13-2-7-15(8-3-13)19-22-18(25-23-19)12-21-17(24)11-6-14-4-9-16(20)10-5-14/h2-11H,12H2,1H3,(H,21,24)/b11-6+. The summed E-state index contributed by atoms with van der Waals surface area (Å²) in [7, 11) is 0. The number of nitrogens with zero attached hydrogens (tertiary/aromatic N) is 2. The van der Waals surface area contributed by atoms with Gasteiger partial charge in [0, 0.05) is 11.6 Å². The fourth-order valence-corrected chi connectivity index (χ4v) is 2.11. The molecule has 0 radical (unpaired) electrons. The van der Waals surface area contributed by atoms with Crippen LogP contribution >= 0.6 is 0 Å². The van der Waals surface area contributed by atoms with Gasteiger partial charge in [-0.2, -0.15) is 4.98 Å². The van der Waals surface area contributed by atoms with E-state index >= 15 is 0 Å². The molecule has 0 aliphatic carbocycles. The van der Waals surface area contributed by atoms with Gasteiger partial charge in [-0.05, 0) is 30.7 Å². The van der Waals surface area contributed by atoms with E-state index in [4.69, 9.17) is 4.52 Å². The topological polar surface area (TPSA) is 68.0 Å². The Balaban J connectivity index is 1.55. The third-order valence-corrected chi connectivity index (χ3v) is 3.49. The normalized spacial score (nSPS) is 11.0. The summed E-state index contributed by atoms with van der Waals surface area (Å²) in [4.78, 5) is 16.1. The van der Waals surface area contributed by atoms with Gasteiger partial charge >= 0.3 is 0 Å². The van der Waals surface area contributed by atoms with Crippen LogP contribution in [0.4, 0.5) is 4.39 Å². The highest BCUT2D eigenvalue weighted by atomic mass is 19.1. The fourth-order valence-electron chi connectivity index (χ4n) is 2.11. The van der Waals surface area contributed by atoms with Crippen molar-refractivity contribution in [1.29, 1.82) is 0 Å². The van der Waals surface area contributed by atoms with E-state index in [1.54, 1.807) is 18.2 Å².